The van der Waals surface area contributed by atoms with Crippen LogP contribution in [-0.4, -0.2) is 40.3 Å². The molecular formula is C11H14N4O5. The molecule has 2 rings (SSSR count). The van der Waals surface area contributed by atoms with Gasteiger partial charge in [0.1, 0.15) is 12.3 Å². The molecule has 0 aliphatic carbocycles. The zero-order valence-corrected chi connectivity index (χ0v) is 10.6. The number of amidine groups is 1. The zero-order chi connectivity index (χ0) is 14.5. The first-order valence-electron chi connectivity index (χ1n) is 5.98. The summed E-state index contributed by atoms with van der Waals surface area (Å²) < 4.78 is 10.9. The maximum Gasteiger partial charge on any atom is 0.288 e. The van der Waals surface area contributed by atoms with E-state index in [1.165, 1.54) is 0 Å². The number of pyridine rings is 1. The first kappa shape index (κ1) is 14.0. The Labute approximate surface area is 114 Å². The molecule has 2 heterocycles. The number of aromatic nitrogens is 1. The number of nitrogens with zero attached hydrogens (tertiary/aromatic N) is 3. The number of hydrogen-bond donors (Lipinski definition) is 2. The average Bonchev–Trinajstić information content (AvgIpc) is 2.47. The molecule has 0 unspecified atom stereocenters. The van der Waals surface area contributed by atoms with Crippen molar-refractivity contribution in [3.8, 4) is 5.88 Å². The van der Waals surface area contributed by atoms with Gasteiger partial charge in [0.05, 0.1) is 23.7 Å². The van der Waals surface area contributed by atoms with Crippen molar-refractivity contribution in [1.29, 1.82) is 0 Å². The number of nitrogens with two attached hydrogens (primary N) is 1. The number of hydrogen-bond acceptors (Lipinski definition) is 7. The highest BCUT2D eigenvalue weighted by atomic mass is 16.6. The Balaban J connectivity index is 2.28. The summed E-state index contributed by atoms with van der Waals surface area (Å²) in [4.78, 5) is 14.0. The molecule has 1 aromatic rings. The lowest BCUT2D eigenvalue weighted by molar-refractivity contribution is -0.385. The van der Waals surface area contributed by atoms with Crippen molar-refractivity contribution in [2.24, 2.45) is 10.9 Å². The van der Waals surface area contributed by atoms with Gasteiger partial charge in [0.15, 0.2) is 5.84 Å². The molecule has 0 aromatic carbocycles. The molecule has 0 atom stereocenters. The molecule has 0 bridgehead atoms. The topological polar surface area (TPSA) is 133 Å². The van der Waals surface area contributed by atoms with Crippen LogP contribution < -0.4 is 10.5 Å². The monoisotopic (exact) mass is 282 g/mol. The quantitative estimate of drug-likeness (QED) is 0.272. The number of nitro groups is 1. The predicted molar refractivity (Wildman–Crippen MR) is 67.9 cm³/mol. The van der Waals surface area contributed by atoms with E-state index < -0.39 is 4.92 Å². The third-order valence-electron chi connectivity index (χ3n) is 2.88. The van der Waals surface area contributed by atoms with Crippen LogP contribution >= 0.6 is 0 Å². The van der Waals surface area contributed by atoms with Crippen LogP contribution in [0.2, 0.25) is 0 Å². The van der Waals surface area contributed by atoms with Gasteiger partial charge in [-0.25, -0.2) is 4.98 Å². The van der Waals surface area contributed by atoms with Gasteiger partial charge in [0.25, 0.3) is 5.69 Å². The Bertz CT molecular complexity index is 528. The van der Waals surface area contributed by atoms with Crippen molar-refractivity contribution in [2.75, 3.05) is 13.2 Å². The second kappa shape index (κ2) is 6.15. The highest BCUT2D eigenvalue weighted by molar-refractivity contribution is 5.99. The molecule has 9 nitrogen and oxygen atoms in total. The van der Waals surface area contributed by atoms with Gasteiger partial charge in [0, 0.05) is 18.9 Å². The third kappa shape index (κ3) is 3.12. The fourth-order valence-corrected chi connectivity index (χ4v) is 1.82. The molecule has 9 heteroatoms. The summed E-state index contributed by atoms with van der Waals surface area (Å²) in [7, 11) is 0. The van der Waals surface area contributed by atoms with Gasteiger partial charge in [-0.1, -0.05) is 5.16 Å². The van der Waals surface area contributed by atoms with E-state index in [0.717, 1.165) is 12.3 Å². The van der Waals surface area contributed by atoms with Gasteiger partial charge < -0.3 is 20.4 Å². The van der Waals surface area contributed by atoms with E-state index in [-0.39, 0.29) is 29.1 Å². The van der Waals surface area contributed by atoms with Gasteiger partial charge in [-0.2, -0.15) is 0 Å². The van der Waals surface area contributed by atoms with Crippen LogP contribution in [0.25, 0.3) is 0 Å². The minimum atomic E-state index is -0.612. The minimum absolute atomic E-state index is 0.0909. The molecule has 20 heavy (non-hydrogen) atoms. The number of oxime groups is 1. The van der Waals surface area contributed by atoms with Crippen LogP contribution in [0.3, 0.4) is 0 Å². The Morgan fingerprint density at radius 3 is 2.90 bits per heavy atom. The van der Waals surface area contributed by atoms with Gasteiger partial charge in [-0.05, 0) is 0 Å². The lowest BCUT2D eigenvalue weighted by atomic mass is 10.1. The molecule has 1 saturated heterocycles. The van der Waals surface area contributed by atoms with Crippen LogP contribution in [0, 0.1) is 10.1 Å². The first-order chi connectivity index (χ1) is 9.61. The normalized spacial score (nSPS) is 16.9. The van der Waals surface area contributed by atoms with E-state index >= 15 is 0 Å². The van der Waals surface area contributed by atoms with Crippen LogP contribution in [0.1, 0.15) is 18.4 Å². The molecule has 0 saturated carbocycles. The van der Waals surface area contributed by atoms with Crippen molar-refractivity contribution in [3.05, 3.63) is 27.9 Å². The Morgan fingerprint density at radius 2 is 2.30 bits per heavy atom. The molecule has 108 valence electrons. The summed E-state index contributed by atoms with van der Waals surface area (Å²) in [6.07, 6.45) is 2.34. The molecule has 0 spiro atoms. The molecule has 3 N–H and O–H groups in total. The summed E-state index contributed by atoms with van der Waals surface area (Å²) in [5, 5.41) is 22.3. The van der Waals surface area contributed by atoms with E-state index in [9.17, 15) is 10.1 Å². The van der Waals surface area contributed by atoms with E-state index in [0.29, 0.717) is 26.1 Å². The Hall–Kier alpha value is -2.42. The van der Waals surface area contributed by atoms with Gasteiger partial charge in [-0.15, -0.1) is 0 Å². The molecule has 1 aliphatic heterocycles. The van der Waals surface area contributed by atoms with Gasteiger partial charge in [0.2, 0.25) is 5.88 Å². The number of rotatable bonds is 4. The largest absolute Gasteiger partial charge is 0.474 e. The van der Waals surface area contributed by atoms with Crippen LogP contribution in [0.4, 0.5) is 5.69 Å². The van der Waals surface area contributed by atoms with E-state index in [1.807, 2.05) is 0 Å². The molecule has 0 radical (unpaired) electrons. The van der Waals surface area contributed by atoms with Crippen LogP contribution in [-0.2, 0) is 4.74 Å². The second-order valence-corrected chi connectivity index (χ2v) is 4.22. The van der Waals surface area contributed by atoms with Gasteiger partial charge in [-0.3, -0.25) is 10.1 Å². The van der Waals surface area contributed by atoms with Gasteiger partial charge >= 0.3 is 0 Å². The summed E-state index contributed by atoms with van der Waals surface area (Å²) in [6, 6.07) is 1.16. The standard InChI is InChI=1S/C11H14N4O5/c12-10(14-16)9-5-7(15(17)18)6-13-11(9)20-8-1-3-19-4-2-8/h5-6,8,16H,1-4H2,(H2,12,14). The predicted octanol–water partition coefficient (Wildman–Crippen LogP) is 0.642. The smallest absolute Gasteiger partial charge is 0.288 e. The number of ether oxygens (including phenoxy) is 2. The summed E-state index contributed by atoms with van der Waals surface area (Å²) >= 11 is 0. The second-order valence-electron chi connectivity index (χ2n) is 4.22. The highest BCUT2D eigenvalue weighted by Gasteiger charge is 2.21. The lowest BCUT2D eigenvalue weighted by Crippen LogP contribution is -2.27. The van der Waals surface area contributed by atoms with Crippen molar-refractivity contribution in [2.45, 2.75) is 18.9 Å². The maximum atomic E-state index is 10.7. The van der Waals surface area contributed by atoms with Crippen molar-refractivity contribution < 1.29 is 19.6 Å². The summed E-state index contributed by atoms with van der Waals surface area (Å²) in [6.45, 7) is 1.16. The Morgan fingerprint density at radius 1 is 1.60 bits per heavy atom. The highest BCUT2D eigenvalue weighted by Crippen LogP contribution is 2.23. The van der Waals surface area contributed by atoms with E-state index in [1.54, 1.807) is 0 Å². The molecule has 1 fully saturated rings. The lowest BCUT2D eigenvalue weighted by Gasteiger charge is -2.23. The zero-order valence-electron chi connectivity index (χ0n) is 10.6. The van der Waals surface area contributed by atoms with Crippen LogP contribution in [0.5, 0.6) is 5.88 Å². The van der Waals surface area contributed by atoms with Crippen molar-refractivity contribution in [1.82, 2.24) is 4.98 Å². The average molecular weight is 282 g/mol. The van der Waals surface area contributed by atoms with Crippen LogP contribution in [0.15, 0.2) is 17.4 Å². The van der Waals surface area contributed by atoms with E-state index in [4.69, 9.17) is 20.4 Å². The van der Waals surface area contributed by atoms with E-state index in [2.05, 4.69) is 10.1 Å². The Kier molecular flexibility index (Phi) is 4.31. The maximum absolute atomic E-state index is 10.7. The minimum Gasteiger partial charge on any atom is -0.474 e. The van der Waals surface area contributed by atoms with Crippen molar-refractivity contribution >= 4 is 11.5 Å². The molecule has 1 aliphatic rings. The fraction of sp³-hybridized carbons (Fsp3) is 0.455. The molecule has 0 amide bonds. The molecule has 1 aromatic heterocycles. The molecular weight excluding hydrogens is 268 g/mol. The van der Waals surface area contributed by atoms with Crippen molar-refractivity contribution in [3.63, 3.8) is 0 Å². The third-order valence-corrected chi connectivity index (χ3v) is 2.88. The summed E-state index contributed by atoms with van der Waals surface area (Å²) in [5.41, 5.74) is 5.33. The first-order valence-corrected chi connectivity index (χ1v) is 5.98. The fourth-order valence-electron chi connectivity index (χ4n) is 1.82. The summed E-state index contributed by atoms with van der Waals surface area (Å²) in [5.74, 6) is -0.180. The SMILES string of the molecule is NC(=NO)c1cc([N+](=O)[O-])cnc1OC1CCOCC1.